The number of rotatable bonds is 7. The van der Waals surface area contributed by atoms with Crippen molar-refractivity contribution in [3.05, 3.63) is 83.9 Å². The molecule has 4 nitrogen and oxygen atoms in total. The van der Waals surface area contributed by atoms with Crippen LogP contribution in [0.5, 0.6) is 0 Å². The molecule has 0 spiro atoms. The van der Waals surface area contributed by atoms with Crippen LogP contribution in [0.2, 0.25) is 0 Å². The summed E-state index contributed by atoms with van der Waals surface area (Å²) >= 11 is 0. The number of hydrogen-bond donors (Lipinski definition) is 1. The highest BCUT2D eigenvalue weighted by Crippen LogP contribution is 2.23. The van der Waals surface area contributed by atoms with Crippen molar-refractivity contribution in [1.82, 2.24) is 5.32 Å². The minimum atomic E-state index is -0.682. The molecule has 2 rings (SSSR count). The lowest BCUT2D eigenvalue weighted by Crippen LogP contribution is -2.37. The molecule has 0 fully saturated rings. The molecule has 1 unspecified atom stereocenters. The number of carbonyl (C=O) groups excluding carboxylic acids is 1. The van der Waals surface area contributed by atoms with Crippen molar-refractivity contribution in [2.45, 2.75) is 19.0 Å². The summed E-state index contributed by atoms with van der Waals surface area (Å²) in [6, 6.07) is 20.4. The predicted molar refractivity (Wildman–Crippen MR) is 94.6 cm³/mol. The smallest absolute Gasteiger partial charge is 0.438 e. The summed E-state index contributed by atoms with van der Waals surface area (Å²) < 4.78 is 9.37. The van der Waals surface area contributed by atoms with Gasteiger partial charge in [-0.3, -0.25) is 0 Å². The van der Waals surface area contributed by atoms with Crippen LogP contribution in [0, 0.1) is 0 Å². The van der Waals surface area contributed by atoms with Gasteiger partial charge in [-0.2, -0.15) is 0 Å². The van der Waals surface area contributed by atoms with Crippen molar-refractivity contribution in [2.75, 3.05) is 13.7 Å². The van der Waals surface area contributed by atoms with E-state index in [1.165, 1.54) is 12.7 Å². The molecule has 1 N–H and O–H groups in total. The zero-order valence-corrected chi connectivity index (χ0v) is 14.1. The summed E-state index contributed by atoms with van der Waals surface area (Å²) in [6.07, 6.45) is 3.15. The van der Waals surface area contributed by atoms with Gasteiger partial charge < -0.3 is 14.8 Å². The lowest BCUT2D eigenvalue weighted by atomic mass is 9.91. The molecule has 126 valence electrons. The fourth-order valence-electron chi connectivity index (χ4n) is 2.38. The van der Waals surface area contributed by atoms with Gasteiger partial charge in [0.25, 0.3) is 0 Å². The molecule has 0 bridgehead atoms. The van der Waals surface area contributed by atoms with Gasteiger partial charge in [-0.25, -0.2) is 4.79 Å². The van der Waals surface area contributed by atoms with Crippen LogP contribution in [-0.4, -0.2) is 19.9 Å². The fraction of sp³-hybridized carbons (Fsp3) is 0.250. The Kier molecular flexibility index (Phi) is 6.58. The maximum absolute atomic E-state index is 11.0. The van der Waals surface area contributed by atoms with Crippen LogP contribution in [0.3, 0.4) is 0 Å². The highest BCUT2D eigenvalue weighted by molar-refractivity contribution is 5.59. The van der Waals surface area contributed by atoms with Crippen LogP contribution in [0.4, 0.5) is 4.79 Å². The van der Waals surface area contributed by atoms with E-state index < -0.39 is 6.16 Å². The van der Waals surface area contributed by atoms with Crippen molar-refractivity contribution in [1.29, 1.82) is 0 Å². The number of benzene rings is 2. The SMILES string of the molecule is COC(=O)OC/C=C/C(C)(NCc1ccccc1)c1ccccc1. The molecule has 2 aromatic carbocycles. The maximum Gasteiger partial charge on any atom is 0.508 e. The minimum absolute atomic E-state index is 0.169. The Morgan fingerprint density at radius 1 is 1.08 bits per heavy atom. The Morgan fingerprint density at radius 2 is 1.71 bits per heavy atom. The molecule has 0 amide bonds. The third kappa shape index (κ3) is 5.25. The van der Waals surface area contributed by atoms with Gasteiger partial charge in [0.15, 0.2) is 0 Å². The van der Waals surface area contributed by atoms with Crippen molar-refractivity contribution < 1.29 is 14.3 Å². The van der Waals surface area contributed by atoms with E-state index in [1.54, 1.807) is 0 Å². The van der Waals surface area contributed by atoms with E-state index in [0.29, 0.717) is 0 Å². The molecule has 0 saturated carbocycles. The summed E-state index contributed by atoms with van der Waals surface area (Å²) in [5, 5.41) is 3.57. The van der Waals surface area contributed by atoms with Crippen LogP contribution in [0.25, 0.3) is 0 Å². The molecule has 0 aromatic heterocycles. The van der Waals surface area contributed by atoms with E-state index in [4.69, 9.17) is 4.74 Å². The summed E-state index contributed by atoms with van der Waals surface area (Å²) in [4.78, 5) is 11.0. The number of ether oxygens (including phenoxy) is 2. The van der Waals surface area contributed by atoms with Gasteiger partial charge in [0.1, 0.15) is 6.61 Å². The Balaban J connectivity index is 2.09. The molecule has 0 aliphatic rings. The Hall–Kier alpha value is -2.59. The van der Waals surface area contributed by atoms with Gasteiger partial charge in [0.05, 0.1) is 12.6 Å². The molecule has 0 heterocycles. The van der Waals surface area contributed by atoms with Gasteiger partial charge >= 0.3 is 6.16 Å². The van der Waals surface area contributed by atoms with Crippen LogP contribution < -0.4 is 5.32 Å². The average Bonchev–Trinajstić information content (AvgIpc) is 2.65. The minimum Gasteiger partial charge on any atom is -0.438 e. The Morgan fingerprint density at radius 3 is 2.33 bits per heavy atom. The van der Waals surface area contributed by atoms with Gasteiger partial charge in [0, 0.05) is 6.54 Å². The van der Waals surface area contributed by atoms with E-state index >= 15 is 0 Å². The summed E-state index contributed by atoms with van der Waals surface area (Å²) in [6.45, 7) is 3.00. The number of methoxy groups -OCH3 is 1. The summed E-state index contributed by atoms with van der Waals surface area (Å²) in [5.74, 6) is 0. The van der Waals surface area contributed by atoms with Crippen molar-refractivity contribution in [3.63, 3.8) is 0 Å². The highest BCUT2D eigenvalue weighted by Gasteiger charge is 2.22. The maximum atomic E-state index is 11.0. The van der Waals surface area contributed by atoms with Gasteiger partial charge in [0.2, 0.25) is 0 Å². The standard InChI is InChI=1S/C20H23NO3/c1-20(18-12-7-4-8-13-18,14-9-15-24-19(22)23-2)21-16-17-10-5-3-6-11-17/h3-14,21H,15-16H2,1-2H3/b14-9+. The van der Waals surface area contributed by atoms with Crippen LogP contribution >= 0.6 is 0 Å². The normalized spacial score (nSPS) is 13.4. The lowest BCUT2D eigenvalue weighted by molar-refractivity contribution is 0.0816. The Labute approximate surface area is 143 Å². The van der Waals surface area contributed by atoms with E-state index in [1.807, 2.05) is 48.6 Å². The molecule has 1 atom stereocenters. The molecule has 0 aliphatic carbocycles. The second-order valence-electron chi connectivity index (χ2n) is 5.58. The molecule has 0 radical (unpaired) electrons. The molecular weight excluding hydrogens is 302 g/mol. The highest BCUT2D eigenvalue weighted by atomic mass is 16.7. The van der Waals surface area contributed by atoms with Crippen LogP contribution in [-0.2, 0) is 21.6 Å². The largest absolute Gasteiger partial charge is 0.508 e. The van der Waals surface area contributed by atoms with Crippen LogP contribution in [0.15, 0.2) is 72.8 Å². The number of nitrogens with one attached hydrogen (secondary N) is 1. The molecule has 0 aliphatic heterocycles. The molecule has 24 heavy (non-hydrogen) atoms. The van der Waals surface area contributed by atoms with Gasteiger partial charge in [-0.15, -0.1) is 0 Å². The summed E-state index contributed by atoms with van der Waals surface area (Å²) in [5.41, 5.74) is 1.96. The predicted octanol–water partition coefficient (Wildman–Crippen LogP) is 4.03. The first-order valence-electron chi connectivity index (χ1n) is 7.87. The lowest BCUT2D eigenvalue weighted by Gasteiger charge is -2.28. The third-order valence-corrected chi connectivity index (χ3v) is 3.79. The second kappa shape index (κ2) is 8.89. The second-order valence-corrected chi connectivity index (χ2v) is 5.58. The molecular formula is C20H23NO3. The first-order chi connectivity index (χ1) is 11.6. The van der Waals surface area contributed by atoms with Crippen molar-refractivity contribution in [3.8, 4) is 0 Å². The van der Waals surface area contributed by atoms with Crippen molar-refractivity contribution >= 4 is 6.16 Å². The van der Waals surface area contributed by atoms with Gasteiger partial charge in [-0.05, 0) is 24.1 Å². The summed E-state index contributed by atoms with van der Waals surface area (Å²) in [7, 11) is 1.29. The van der Waals surface area contributed by atoms with E-state index in [2.05, 4.69) is 41.2 Å². The Bertz CT molecular complexity index is 655. The molecule has 4 heteroatoms. The first kappa shape index (κ1) is 17.8. The van der Waals surface area contributed by atoms with E-state index in [0.717, 1.165) is 12.1 Å². The number of hydrogen-bond acceptors (Lipinski definition) is 4. The van der Waals surface area contributed by atoms with E-state index in [9.17, 15) is 4.79 Å². The zero-order valence-electron chi connectivity index (χ0n) is 14.1. The zero-order chi connectivity index (χ0) is 17.3. The van der Waals surface area contributed by atoms with Crippen molar-refractivity contribution in [2.24, 2.45) is 0 Å². The van der Waals surface area contributed by atoms with E-state index in [-0.39, 0.29) is 12.1 Å². The molecule has 0 saturated heterocycles. The average molecular weight is 325 g/mol. The topological polar surface area (TPSA) is 47.6 Å². The van der Waals surface area contributed by atoms with Crippen LogP contribution in [0.1, 0.15) is 18.1 Å². The fourth-order valence-corrected chi connectivity index (χ4v) is 2.38. The molecule has 2 aromatic rings. The first-order valence-corrected chi connectivity index (χ1v) is 7.87. The number of carbonyl (C=O) groups is 1. The monoisotopic (exact) mass is 325 g/mol. The quantitative estimate of drug-likeness (QED) is 0.617. The third-order valence-electron chi connectivity index (χ3n) is 3.79. The van der Waals surface area contributed by atoms with Gasteiger partial charge in [-0.1, -0.05) is 66.7 Å².